The standard InChI is InChI=1S/C14H16N2S/c15-13(9-14-16-6-7-17-14)12-8-11(12)10-4-2-1-3-5-10/h1-7,11-13H,8-9,15H2. The number of benzene rings is 1. The molecule has 88 valence electrons. The monoisotopic (exact) mass is 244 g/mol. The molecule has 3 heteroatoms. The molecule has 1 saturated carbocycles. The zero-order valence-corrected chi connectivity index (χ0v) is 10.4. The Kier molecular flexibility index (Phi) is 2.95. The third-order valence-corrected chi connectivity index (χ3v) is 4.31. The smallest absolute Gasteiger partial charge is 0.0940 e. The van der Waals surface area contributed by atoms with Crippen molar-refractivity contribution in [1.29, 1.82) is 0 Å². The molecule has 1 aromatic heterocycles. The Morgan fingerprint density at radius 3 is 2.88 bits per heavy atom. The SMILES string of the molecule is NC(Cc1nccs1)C1CC1c1ccccc1. The van der Waals surface area contributed by atoms with Gasteiger partial charge >= 0.3 is 0 Å². The van der Waals surface area contributed by atoms with E-state index in [1.165, 1.54) is 12.0 Å². The Morgan fingerprint density at radius 1 is 1.35 bits per heavy atom. The molecule has 0 spiro atoms. The summed E-state index contributed by atoms with van der Waals surface area (Å²) in [7, 11) is 0. The molecule has 0 aliphatic heterocycles. The highest BCUT2D eigenvalue weighted by molar-refractivity contribution is 7.09. The Bertz CT molecular complexity index is 466. The van der Waals surface area contributed by atoms with Crippen molar-refractivity contribution in [3.63, 3.8) is 0 Å². The first-order valence-corrected chi connectivity index (χ1v) is 6.91. The fourth-order valence-corrected chi connectivity index (χ4v) is 3.17. The molecule has 1 heterocycles. The molecule has 17 heavy (non-hydrogen) atoms. The molecule has 2 N–H and O–H groups in total. The lowest BCUT2D eigenvalue weighted by atomic mass is 10.0. The van der Waals surface area contributed by atoms with Gasteiger partial charge in [-0.05, 0) is 23.8 Å². The summed E-state index contributed by atoms with van der Waals surface area (Å²) < 4.78 is 0. The fourth-order valence-electron chi connectivity index (χ4n) is 2.48. The van der Waals surface area contributed by atoms with E-state index in [4.69, 9.17) is 5.73 Å². The maximum atomic E-state index is 6.26. The summed E-state index contributed by atoms with van der Waals surface area (Å²) >= 11 is 1.70. The summed E-state index contributed by atoms with van der Waals surface area (Å²) in [5.41, 5.74) is 7.70. The van der Waals surface area contributed by atoms with E-state index in [9.17, 15) is 0 Å². The lowest BCUT2D eigenvalue weighted by Crippen LogP contribution is -2.25. The van der Waals surface area contributed by atoms with Gasteiger partial charge in [0, 0.05) is 24.0 Å². The number of aromatic nitrogens is 1. The predicted molar refractivity (Wildman–Crippen MR) is 71.1 cm³/mol. The van der Waals surface area contributed by atoms with Crippen molar-refractivity contribution in [3.05, 3.63) is 52.5 Å². The molecular weight excluding hydrogens is 228 g/mol. The summed E-state index contributed by atoms with van der Waals surface area (Å²) in [6, 6.07) is 11.0. The highest BCUT2D eigenvalue weighted by Gasteiger charge is 2.42. The van der Waals surface area contributed by atoms with Crippen LogP contribution in [-0.2, 0) is 6.42 Å². The van der Waals surface area contributed by atoms with Crippen LogP contribution in [0.3, 0.4) is 0 Å². The van der Waals surface area contributed by atoms with Gasteiger partial charge in [-0.1, -0.05) is 30.3 Å². The highest BCUT2D eigenvalue weighted by atomic mass is 32.1. The van der Waals surface area contributed by atoms with E-state index in [1.807, 2.05) is 11.6 Å². The highest BCUT2D eigenvalue weighted by Crippen LogP contribution is 2.49. The van der Waals surface area contributed by atoms with Crippen molar-refractivity contribution in [1.82, 2.24) is 4.98 Å². The molecule has 2 nitrogen and oxygen atoms in total. The molecule has 3 unspecified atom stereocenters. The first-order valence-electron chi connectivity index (χ1n) is 6.03. The van der Waals surface area contributed by atoms with Gasteiger partial charge in [-0.3, -0.25) is 0 Å². The second kappa shape index (κ2) is 4.59. The molecule has 3 atom stereocenters. The average Bonchev–Trinajstić information content (AvgIpc) is 3.02. The van der Waals surface area contributed by atoms with Crippen LogP contribution in [0.2, 0.25) is 0 Å². The number of rotatable bonds is 4. The van der Waals surface area contributed by atoms with Crippen LogP contribution in [0.1, 0.15) is 22.9 Å². The zero-order chi connectivity index (χ0) is 11.7. The summed E-state index contributed by atoms with van der Waals surface area (Å²) in [5, 5.41) is 3.18. The molecule has 1 aliphatic rings. The summed E-state index contributed by atoms with van der Waals surface area (Å²) in [4.78, 5) is 4.30. The second-order valence-electron chi connectivity index (χ2n) is 4.71. The van der Waals surface area contributed by atoms with Crippen LogP contribution < -0.4 is 5.73 Å². The number of nitrogens with two attached hydrogens (primary N) is 1. The van der Waals surface area contributed by atoms with Gasteiger partial charge in [0.2, 0.25) is 0 Å². The molecular formula is C14H16N2S. The summed E-state index contributed by atoms with van der Waals surface area (Å²) in [6.45, 7) is 0. The quantitative estimate of drug-likeness (QED) is 0.898. The van der Waals surface area contributed by atoms with Crippen LogP contribution >= 0.6 is 11.3 Å². The van der Waals surface area contributed by atoms with Crippen LogP contribution in [-0.4, -0.2) is 11.0 Å². The molecule has 1 fully saturated rings. The molecule has 0 amide bonds. The van der Waals surface area contributed by atoms with Crippen molar-refractivity contribution >= 4 is 11.3 Å². The van der Waals surface area contributed by atoms with Gasteiger partial charge in [-0.25, -0.2) is 4.98 Å². The van der Waals surface area contributed by atoms with Gasteiger partial charge in [-0.2, -0.15) is 0 Å². The molecule has 0 bridgehead atoms. The number of thiazole rings is 1. The van der Waals surface area contributed by atoms with E-state index in [0.29, 0.717) is 11.8 Å². The minimum atomic E-state index is 0.256. The van der Waals surface area contributed by atoms with Crippen LogP contribution in [0.5, 0.6) is 0 Å². The molecule has 0 saturated heterocycles. The van der Waals surface area contributed by atoms with Gasteiger partial charge in [0.25, 0.3) is 0 Å². The lowest BCUT2D eigenvalue weighted by molar-refractivity contribution is 0.576. The normalized spacial score (nSPS) is 24.5. The van der Waals surface area contributed by atoms with E-state index >= 15 is 0 Å². The van der Waals surface area contributed by atoms with Crippen molar-refractivity contribution in [2.75, 3.05) is 0 Å². The minimum absolute atomic E-state index is 0.256. The molecule has 2 aromatic rings. The van der Waals surface area contributed by atoms with Gasteiger partial charge < -0.3 is 5.73 Å². The predicted octanol–water partition coefficient (Wildman–Crippen LogP) is 2.82. The molecule has 1 aliphatic carbocycles. The van der Waals surface area contributed by atoms with Crippen molar-refractivity contribution < 1.29 is 0 Å². The van der Waals surface area contributed by atoms with Gasteiger partial charge in [0.15, 0.2) is 0 Å². The number of nitrogens with zero attached hydrogens (tertiary/aromatic N) is 1. The third-order valence-electron chi connectivity index (χ3n) is 3.51. The number of hydrogen-bond donors (Lipinski definition) is 1. The fraction of sp³-hybridized carbons (Fsp3) is 0.357. The van der Waals surface area contributed by atoms with Crippen LogP contribution in [0, 0.1) is 5.92 Å². The van der Waals surface area contributed by atoms with E-state index in [2.05, 4.69) is 35.3 Å². The first kappa shape index (κ1) is 10.9. The van der Waals surface area contributed by atoms with Crippen molar-refractivity contribution in [2.45, 2.75) is 24.8 Å². The largest absolute Gasteiger partial charge is 0.327 e. The third kappa shape index (κ3) is 2.40. The van der Waals surface area contributed by atoms with Crippen LogP contribution in [0.25, 0.3) is 0 Å². The molecule has 0 radical (unpaired) electrons. The second-order valence-corrected chi connectivity index (χ2v) is 5.69. The average molecular weight is 244 g/mol. The summed E-state index contributed by atoms with van der Waals surface area (Å²) in [5.74, 6) is 1.31. The van der Waals surface area contributed by atoms with E-state index in [0.717, 1.165) is 11.4 Å². The molecule has 1 aromatic carbocycles. The van der Waals surface area contributed by atoms with E-state index in [1.54, 1.807) is 11.3 Å². The van der Waals surface area contributed by atoms with Crippen LogP contribution in [0.4, 0.5) is 0 Å². The van der Waals surface area contributed by atoms with Crippen molar-refractivity contribution in [2.24, 2.45) is 11.7 Å². The molecule has 3 rings (SSSR count). The first-order chi connectivity index (χ1) is 8.34. The van der Waals surface area contributed by atoms with Gasteiger partial charge in [0.05, 0.1) is 5.01 Å². The lowest BCUT2D eigenvalue weighted by Gasteiger charge is -2.09. The van der Waals surface area contributed by atoms with Crippen molar-refractivity contribution in [3.8, 4) is 0 Å². The van der Waals surface area contributed by atoms with E-state index in [-0.39, 0.29) is 6.04 Å². The number of hydrogen-bond acceptors (Lipinski definition) is 3. The topological polar surface area (TPSA) is 38.9 Å². The maximum Gasteiger partial charge on any atom is 0.0940 e. The van der Waals surface area contributed by atoms with Gasteiger partial charge in [-0.15, -0.1) is 11.3 Å². The Labute approximate surface area is 106 Å². The zero-order valence-electron chi connectivity index (χ0n) is 9.62. The summed E-state index contributed by atoms with van der Waals surface area (Å²) in [6.07, 6.45) is 4.01. The Morgan fingerprint density at radius 2 is 2.18 bits per heavy atom. The van der Waals surface area contributed by atoms with Crippen LogP contribution in [0.15, 0.2) is 41.9 Å². The van der Waals surface area contributed by atoms with Gasteiger partial charge in [0.1, 0.15) is 0 Å². The minimum Gasteiger partial charge on any atom is -0.327 e. The Balaban J connectivity index is 1.61. The Hall–Kier alpha value is -1.19. The van der Waals surface area contributed by atoms with E-state index < -0.39 is 0 Å². The maximum absolute atomic E-state index is 6.26.